The summed E-state index contributed by atoms with van der Waals surface area (Å²) < 4.78 is 51.4. The van der Waals surface area contributed by atoms with E-state index in [1.807, 2.05) is 0 Å². The van der Waals surface area contributed by atoms with E-state index >= 15 is 0 Å². The fraction of sp³-hybridized carbons (Fsp3) is 0.556. The maximum absolute atomic E-state index is 12.8. The lowest BCUT2D eigenvalue weighted by Gasteiger charge is -2.24. The van der Waals surface area contributed by atoms with E-state index in [0.29, 0.717) is 11.5 Å². The van der Waals surface area contributed by atoms with Crippen LogP contribution >= 0.6 is 15.6 Å². The molecule has 0 saturated carbocycles. The van der Waals surface area contributed by atoms with E-state index in [0.717, 1.165) is 4.57 Å². The number of aliphatic hydroxyl groups is 1. The molecular weight excluding hydrogens is 582 g/mol. The van der Waals surface area contributed by atoms with Gasteiger partial charge in [0.2, 0.25) is 0 Å². The Bertz CT molecular complexity index is 1410. The minimum Gasteiger partial charge on any atom is -0.390 e. The smallest absolute Gasteiger partial charge is 0.390 e. The van der Waals surface area contributed by atoms with Crippen molar-refractivity contribution in [3.05, 3.63) is 29.1 Å². The van der Waals surface area contributed by atoms with E-state index in [9.17, 15) is 33.7 Å². The summed E-state index contributed by atoms with van der Waals surface area (Å²) >= 11 is 0. The van der Waals surface area contributed by atoms with Crippen LogP contribution in [0.15, 0.2) is 23.4 Å². The molecule has 0 radical (unpaired) electrons. The number of fused-ring (bicyclic) bond motifs is 1. The average Bonchev–Trinajstić information content (AvgIpc) is 3.54. The Morgan fingerprint density at radius 2 is 1.90 bits per heavy atom. The molecule has 2 aromatic heterocycles. The molecule has 0 aromatic carbocycles. The first-order valence-corrected chi connectivity index (χ1v) is 14.7. The van der Waals surface area contributed by atoms with Crippen molar-refractivity contribution in [3.63, 3.8) is 0 Å². The van der Waals surface area contributed by atoms with Crippen LogP contribution in [0, 0.1) is 0 Å². The van der Waals surface area contributed by atoms with Gasteiger partial charge in [0.1, 0.15) is 42.5 Å². The molecule has 2 saturated heterocycles. The summed E-state index contributed by atoms with van der Waals surface area (Å²) in [5, 5.41) is 13.3. The van der Waals surface area contributed by atoms with Gasteiger partial charge in [-0.05, 0) is 6.07 Å². The van der Waals surface area contributed by atoms with Gasteiger partial charge in [-0.25, -0.2) is 23.9 Å². The summed E-state index contributed by atoms with van der Waals surface area (Å²) in [5.74, 6) is 0.485. The Morgan fingerprint density at radius 1 is 1.12 bits per heavy atom. The SMILES string of the molecule is Nc1ccn([C@H]2C[C@H](O)[C@@H](COP(=O)(O)O[C@H]3C[C@H](N4CNc5c(N)ncnc54)O[C@@H]3OP(=O)(O)O)O2)c(=O)n1. The van der Waals surface area contributed by atoms with E-state index in [2.05, 4.69) is 24.8 Å². The third kappa shape index (κ3) is 6.27. The third-order valence-corrected chi connectivity index (χ3v) is 7.70. The highest BCUT2D eigenvalue weighted by atomic mass is 31.2. The van der Waals surface area contributed by atoms with Crippen LogP contribution in [0.25, 0.3) is 0 Å². The van der Waals surface area contributed by atoms with Crippen molar-refractivity contribution in [2.45, 2.75) is 49.9 Å². The minimum absolute atomic E-state index is 0.000170. The van der Waals surface area contributed by atoms with Crippen molar-refractivity contribution < 1.29 is 52.0 Å². The summed E-state index contributed by atoms with van der Waals surface area (Å²) in [7, 11) is -10.1. The molecular formula is C18H26N8O12P2. The van der Waals surface area contributed by atoms with E-state index in [1.54, 1.807) is 0 Å². The second-order valence-corrected chi connectivity index (χ2v) is 11.5. The van der Waals surface area contributed by atoms with Crippen molar-refractivity contribution in [2.24, 2.45) is 0 Å². The first-order chi connectivity index (χ1) is 18.8. The molecule has 22 heteroatoms. The maximum Gasteiger partial charge on any atom is 0.472 e. The maximum atomic E-state index is 12.8. The van der Waals surface area contributed by atoms with Crippen LogP contribution < -0.4 is 27.4 Å². The van der Waals surface area contributed by atoms with Gasteiger partial charge in [0.25, 0.3) is 0 Å². The molecule has 0 bridgehead atoms. The molecule has 9 N–H and O–H groups in total. The highest BCUT2D eigenvalue weighted by Gasteiger charge is 2.48. The molecule has 0 aliphatic carbocycles. The highest BCUT2D eigenvalue weighted by molar-refractivity contribution is 7.47. The third-order valence-electron chi connectivity index (χ3n) is 6.21. The van der Waals surface area contributed by atoms with Crippen molar-refractivity contribution in [3.8, 4) is 0 Å². The Balaban J connectivity index is 1.24. The summed E-state index contributed by atoms with van der Waals surface area (Å²) in [4.78, 5) is 54.2. The fourth-order valence-corrected chi connectivity index (χ4v) is 5.81. The number of phosphoric acid groups is 2. The first kappa shape index (κ1) is 28.8. The number of aliphatic hydroxyl groups excluding tert-OH is 1. The van der Waals surface area contributed by atoms with Gasteiger partial charge < -0.3 is 50.9 Å². The largest absolute Gasteiger partial charge is 0.472 e. The van der Waals surface area contributed by atoms with Gasteiger partial charge in [-0.2, -0.15) is 4.98 Å². The molecule has 7 atom stereocenters. The topological polar surface area (TPSA) is 289 Å². The number of nitrogen functional groups attached to an aromatic ring is 2. The molecule has 5 rings (SSSR count). The molecule has 1 unspecified atom stereocenters. The van der Waals surface area contributed by atoms with Crippen LogP contribution in [0.2, 0.25) is 0 Å². The predicted octanol–water partition coefficient (Wildman–Crippen LogP) is -1.58. The van der Waals surface area contributed by atoms with Gasteiger partial charge in [-0.1, -0.05) is 0 Å². The Kier molecular flexibility index (Phi) is 7.85. The van der Waals surface area contributed by atoms with Gasteiger partial charge in [-0.15, -0.1) is 0 Å². The van der Waals surface area contributed by atoms with Crippen LogP contribution in [0.4, 0.5) is 23.1 Å². The average molecular weight is 608 g/mol. The number of aromatic nitrogens is 4. The second-order valence-electron chi connectivity index (χ2n) is 8.94. The lowest BCUT2D eigenvalue weighted by molar-refractivity contribution is -0.119. The van der Waals surface area contributed by atoms with Gasteiger partial charge in [-0.3, -0.25) is 18.1 Å². The number of hydrogen-bond acceptors (Lipinski definition) is 16. The summed E-state index contributed by atoms with van der Waals surface area (Å²) in [6, 6.07) is 1.36. The molecule has 0 spiro atoms. The van der Waals surface area contributed by atoms with Gasteiger partial charge in [0.05, 0.1) is 19.4 Å². The van der Waals surface area contributed by atoms with E-state index in [1.165, 1.54) is 23.5 Å². The number of nitrogens with zero attached hydrogens (tertiary/aromatic N) is 5. The van der Waals surface area contributed by atoms with Crippen molar-refractivity contribution in [1.29, 1.82) is 0 Å². The van der Waals surface area contributed by atoms with Crippen LogP contribution in [-0.4, -0.2) is 83.4 Å². The molecule has 0 amide bonds. The number of nitrogens with one attached hydrogen (secondary N) is 1. The Hall–Kier alpha value is -2.74. The lowest BCUT2D eigenvalue weighted by Crippen LogP contribution is -2.35. The molecule has 2 fully saturated rings. The number of phosphoric ester groups is 2. The molecule has 5 heterocycles. The number of rotatable bonds is 9. The molecule has 3 aliphatic rings. The van der Waals surface area contributed by atoms with Gasteiger partial charge in [0, 0.05) is 19.0 Å². The van der Waals surface area contributed by atoms with Gasteiger partial charge >= 0.3 is 21.3 Å². The molecule has 20 nitrogen and oxygen atoms in total. The van der Waals surface area contributed by atoms with Crippen molar-refractivity contribution in [1.82, 2.24) is 19.5 Å². The van der Waals surface area contributed by atoms with Crippen LogP contribution in [0.1, 0.15) is 19.1 Å². The zero-order chi connectivity index (χ0) is 28.8. The standard InChI is InChI=1S/C18H26N8O12P2/c19-11-1-2-25(18(28)24-11)12-3-8(27)10(35-12)5-34-40(32,33)37-9-4-13(36-17(9)38-39(29,30)31)26-7-23-14-15(20)21-6-22-16(14)26/h1-2,6,8-10,12-13,17,23,27H,3-5,7H2,(H,32,33)(H2,19,24,28)(H2,20,21,22)(H2,29,30,31)/t8-,9-,10+,12+,13+,17+/m0/s1. The Labute approximate surface area is 224 Å². The number of anilines is 4. The lowest BCUT2D eigenvalue weighted by atomic mass is 10.2. The van der Waals surface area contributed by atoms with Crippen molar-refractivity contribution in [2.75, 3.05) is 35.0 Å². The minimum atomic E-state index is -5.12. The van der Waals surface area contributed by atoms with Crippen LogP contribution in [0.3, 0.4) is 0 Å². The second kappa shape index (κ2) is 10.9. The van der Waals surface area contributed by atoms with E-state index in [-0.39, 0.29) is 31.1 Å². The quantitative estimate of drug-likeness (QED) is 0.158. The van der Waals surface area contributed by atoms with Gasteiger partial charge in [0.15, 0.2) is 17.9 Å². The molecule has 220 valence electrons. The molecule has 2 aromatic rings. The summed E-state index contributed by atoms with van der Waals surface area (Å²) in [6.45, 7) is -0.514. The first-order valence-electron chi connectivity index (χ1n) is 11.6. The zero-order valence-corrected chi connectivity index (χ0v) is 22.2. The molecule has 40 heavy (non-hydrogen) atoms. The molecule has 3 aliphatic heterocycles. The monoisotopic (exact) mass is 608 g/mol. The summed E-state index contributed by atoms with van der Waals surface area (Å²) in [5.41, 5.74) is 11.0. The number of nitrogens with two attached hydrogens (primary N) is 2. The normalized spacial score (nSPS) is 29.8. The highest BCUT2D eigenvalue weighted by Crippen LogP contribution is 2.51. The predicted molar refractivity (Wildman–Crippen MR) is 132 cm³/mol. The fourth-order valence-electron chi connectivity index (χ4n) is 4.43. The van der Waals surface area contributed by atoms with E-state index in [4.69, 9.17) is 30.0 Å². The zero-order valence-electron chi connectivity index (χ0n) is 20.4. The number of ether oxygens (including phenoxy) is 2. The summed E-state index contributed by atoms with van der Waals surface area (Å²) in [6.07, 6.45) is -5.22. The Morgan fingerprint density at radius 3 is 2.62 bits per heavy atom. The van der Waals surface area contributed by atoms with E-state index < -0.39 is 65.0 Å². The van der Waals surface area contributed by atoms with Crippen LogP contribution in [-0.2, 0) is 32.2 Å². The number of hydrogen-bond donors (Lipinski definition) is 7. The van der Waals surface area contributed by atoms with Crippen molar-refractivity contribution >= 4 is 38.8 Å². The van der Waals surface area contributed by atoms with Crippen LogP contribution in [0.5, 0.6) is 0 Å².